The highest BCUT2D eigenvalue weighted by atomic mass is 79.9. The van der Waals surface area contributed by atoms with Crippen molar-refractivity contribution in [2.45, 2.75) is 103 Å². The number of unbranched alkanes of at least 4 members (excludes halogenated alkanes) is 2. The minimum atomic E-state index is -2.87. The molecule has 2 aromatic rings. The van der Waals surface area contributed by atoms with E-state index in [2.05, 4.69) is 26.1 Å². The molecule has 10 nitrogen and oxygen atoms in total. The predicted molar refractivity (Wildman–Crippen MR) is 181 cm³/mol. The van der Waals surface area contributed by atoms with Crippen LogP contribution in [0.25, 0.3) is 5.76 Å². The van der Waals surface area contributed by atoms with Crippen LogP contribution in [0.5, 0.6) is 11.6 Å². The van der Waals surface area contributed by atoms with E-state index in [4.69, 9.17) is 18.4 Å². The molecule has 1 fully saturated rings. The van der Waals surface area contributed by atoms with Crippen molar-refractivity contribution in [2.24, 2.45) is 11.8 Å². The zero-order valence-corrected chi connectivity index (χ0v) is 31.5. The molecule has 0 spiro atoms. The van der Waals surface area contributed by atoms with Gasteiger partial charge in [-0.05, 0) is 84.9 Å². The summed E-state index contributed by atoms with van der Waals surface area (Å²) in [6.07, 6.45) is 3.53. The first-order chi connectivity index (χ1) is 22.0. The molecule has 4 atom stereocenters. The van der Waals surface area contributed by atoms with E-state index in [-0.39, 0.29) is 56.4 Å². The van der Waals surface area contributed by atoms with Gasteiger partial charge < -0.3 is 23.5 Å². The van der Waals surface area contributed by atoms with E-state index in [1.165, 1.54) is 0 Å². The van der Waals surface area contributed by atoms with Crippen LogP contribution in [0.2, 0.25) is 18.1 Å². The third kappa shape index (κ3) is 5.78. The molecule has 13 heteroatoms. The number of pyridine rings is 1. The molecule has 2 heterocycles. The average molecular weight is 737 g/mol. The number of aromatic nitrogens is 2. The van der Waals surface area contributed by atoms with Crippen molar-refractivity contribution in [1.29, 1.82) is 0 Å². The summed E-state index contributed by atoms with van der Waals surface area (Å²) in [5.74, 6) is -3.19. The molecule has 0 bridgehead atoms. The Hall–Kier alpha value is -2.61. The lowest BCUT2D eigenvalue weighted by molar-refractivity contribution is -0.140. The number of nitrogens with zero attached hydrogens (tertiary/aromatic N) is 3. The standard InChI is InChI=1S/C34H47BrFN3O7Si/c1-10-12-14-43-27-22-19(31(36)37-30(27)35)16-18-17-20-24(39(6)7)26-23(32(38-45-26)44-15-13-11-2)29(42)34(20,28(41)21(18)25(22)40)46-47(8,9)33(3,4)5/h18,20,24,40H,10-17H2,1-9H3/t18-,20-,24-,34-/m0/s1. The van der Waals surface area contributed by atoms with Gasteiger partial charge in [0.15, 0.2) is 30.0 Å². The monoisotopic (exact) mass is 735 g/mol. The van der Waals surface area contributed by atoms with Crippen LogP contribution in [0.1, 0.15) is 100 Å². The molecule has 5 rings (SSSR count). The summed E-state index contributed by atoms with van der Waals surface area (Å²) in [6.45, 7) is 14.8. The molecule has 258 valence electrons. The Balaban J connectivity index is 1.77. The fourth-order valence-electron chi connectivity index (χ4n) is 6.87. The number of carbonyl (C=O) groups excluding carboxylic acids is 2. The van der Waals surface area contributed by atoms with Gasteiger partial charge in [-0.3, -0.25) is 14.5 Å². The first-order valence-corrected chi connectivity index (χ1v) is 20.3. The Bertz CT molecular complexity index is 1600. The van der Waals surface area contributed by atoms with E-state index in [9.17, 15) is 5.11 Å². The summed E-state index contributed by atoms with van der Waals surface area (Å²) < 4.78 is 40.6. The van der Waals surface area contributed by atoms with Crippen LogP contribution in [0, 0.1) is 17.8 Å². The van der Waals surface area contributed by atoms with Crippen LogP contribution in [-0.2, 0) is 15.6 Å². The molecule has 0 aliphatic heterocycles. The number of ether oxygens (including phenoxy) is 2. The van der Waals surface area contributed by atoms with E-state index in [1.54, 1.807) is 0 Å². The van der Waals surface area contributed by atoms with Crippen LogP contribution in [-0.4, -0.2) is 72.9 Å². The third-order valence-corrected chi connectivity index (χ3v) is 15.3. The highest BCUT2D eigenvalue weighted by molar-refractivity contribution is 9.10. The molecule has 1 N–H and O–H groups in total. The second kappa shape index (κ2) is 13.0. The Morgan fingerprint density at radius 1 is 1.09 bits per heavy atom. The number of rotatable bonds is 11. The summed E-state index contributed by atoms with van der Waals surface area (Å²) in [7, 11) is 0.840. The molecule has 0 radical (unpaired) electrons. The molecule has 2 aromatic heterocycles. The minimum Gasteiger partial charge on any atom is -0.507 e. The van der Waals surface area contributed by atoms with Gasteiger partial charge in [0.05, 0.1) is 24.8 Å². The fourth-order valence-corrected chi connectivity index (χ4v) is 8.78. The number of hydrogen-bond donors (Lipinski definition) is 1. The summed E-state index contributed by atoms with van der Waals surface area (Å²) in [6, 6.07) is -0.599. The normalized spacial score (nSPS) is 24.2. The second-order valence-electron chi connectivity index (χ2n) is 14.7. The molecule has 0 unspecified atom stereocenters. The molecule has 0 aromatic carbocycles. The topological polar surface area (TPSA) is 124 Å². The van der Waals surface area contributed by atoms with Gasteiger partial charge in [-0.2, -0.15) is 4.39 Å². The minimum absolute atomic E-state index is 0.0350. The van der Waals surface area contributed by atoms with Crippen molar-refractivity contribution < 1.29 is 37.5 Å². The van der Waals surface area contributed by atoms with Crippen molar-refractivity contribution in [2.75, 3.05) is 27.3 Å². The quantitative estimate of drug-likeness (QED) is 0.107. The maximum atomic E-state index is 15.6. The van der Waals surface area contributed by atoms with Gasteiger partial charge in [-0.25, -0.2) is 4.98 Å². The molecular formula is C34H47BrFN3O7Si. The number of aliphatic hydroxyl groups excluding tert-OH is 1. The lowest BCUT2D eigenvalue weighted by Crippen LogP contribution is -2.68. The molecule has 3 aliphatic carbocycles. The van der Waals surface area contributed by atoms with Crippen molar-refractivity contribution in [3.63, 3.8) is 0 Å². The van der Waals surface area contributed by atoms with Crippen LogP contribution in [0.4, 0.5) is 4.39 Å². The van der Waals surface area contributed by atoms with E-state index >= 15 is 14.0 Å². The summed E-state index contributed by atoms with van der Waals surface area (Å²) in [5.41, 5.74) is -1.61. The van der Waals surface area contributed by atoms with Gasteiger partial charge in [0, 0.05) is 17.1 Å². The Morgan fingerprint density at radius 2 is 1.72 bits per heavy atom. The summed E-state index contributed by atoms with van der Waals surface area (Å²) in [4.78, 5) is 36.4. The van der Waals surface area contributed by atoms with E-state index in [0.29, 0.717) is 19.0 Å². The van der Waals surface area contributed by atoms with Crippen molar-refractivity contribution in [3.05, 3.63) is 38.6 Å². The van der Waals surface area contributed by atoms with Gasteiger partial charge >= 0.3 is 0 Å². The lowest BCUT2D eigenvalue weighted by atomic mass is 9.57. The largest absolute Gasteiger partial charge is 0.507 e. The van der Waals surface area contributed by atoms with E-state index in [0.717, 1.165) is 25.7 Å². The van der Waals surface area contributed by atoms with Gasteiger partial charge in [-0.1, -0.05) is 47.5 Å². The van der Waals surface area contributed by atoms with Crippen LogP contribution in [0.15, 0.2) is 14.7 Å². The zero-order valence-electron chi connectivity index (χ0n) is 28.9. The maximum Gasteiger partial charge on any atom is 0.265 e. The molecule has 0 saturated heterocycles. The van der Waals surface area contributed by atoms with Crippen molar-refractivity contribution in [3.8, 4) is 11.6 Å². The molecule has 1 saturated carbocycles. The average Bonchev–Trinajstić information content (AvgIpc) is 3.39. The number of carbonyl (C=O) groups is 2. The number of aliphatic hydroxyl groups is 1. The van der Waals surface area contributed by atoms with Gasteiger partial charge in [0.1, 0.15) is 11.3 Å². The predicted octanol–water partition coefficient (Wildman–Crippen LogP) is 7.62. The molecule has 47 heavy (non-hydrogen) atoms. The van der Waals surface area contributed by atoms with Gasteiger partial charge in [0.25, 0.3) is 5.88 Å². The third-order valence-electron chi connectivity index (χ3n) is 10.3. The lowest BCUT2D eigenvalue weighted by Gasteiger charge is -2.55. The summed E-state index contributed by atoms with van der Waals surface area (Å²) >= 11 is 3.31. The first kappa shape index (κ1) is 35.7. The van der Waals surface area contributed by atoms with Gasteiger partial charge in [-0.15, -0.1) is 0 Å². The van der Waals surface area contributed by atoms with Crippen molar-refractivity contribution in [1.82, 2.24) is 15.0 Å². The Labute approximate surface area is 285 Å². The van der Waals surface area contributed by atoms with E-state index in [1.807, 2.05) is 66.7 Å². The van der Waals surface area contributed by atoms with Crippen LogP contribution < -0.4 is 9.47 Å². The first-order valence-electron chi connectivity index (χ1n) is 16.6. The van der Waals surface area contributed by atoms with Crippen LogP contribution >= 0.6 is 15.9 Å². The number of fused-ring (bicyclic) bond motifs is 4. The van der Waals surface area contributed by atoms with Gasteiger partial charge in [0.2, 0.25) is 17.5 Å². The SMILES string of the molecule is CCCCOc1noc2c1C(=O)[C@@]1(O[Si](C)(C)C(C)(C)C)C(=O)C3=C(O)c4c(c(F)nc(Br)c4OCCCC)C[C@H]3C[C@H]1[C@@H]2N(C)C. The molecule has 3 aliphatic rings. The number of hydrogen-bond acceptors (Lipinski definition) is 10. The fraction of sp³-hybridized carbons (Fsp3) is 0.647. The maximum absolute atomic E-state index is 15.6. The van der Waals surface area contributed by atoms with Crippen LogP contribution in [0.3, 0.4) is 0 Å². The van der Waals surface area contributed by atoms with Crippen molar-refractivity contribution >= 4 is 41.6 Å². The zero-order chi connectivity index (χ0) is 34.6. The van der Waals surface area contributed by atoms with E-state index < -0.39 is 55.1 Å². The number of Topliss-reactive ketones (excluding diaryl/α,β-unsaturated/α-hetero) is 2. The highest BCUT2D eigenvalue weighted by Gasteiger charge is 2.69. The smallest absolute Gasteiger partial charge is 0.265 e. The second-order valence-corrected chi connectivity index (χ2v) is 20.2. The highest BCUT2D eigenvalue weighted by Crippen LogP contribution is 2.59. The Morgan fingerprint density at radius 3 is 2.32 bits per heavy atom. The number of halogens is 2. The number of ketones is 2. The molecule has 0 amide bonds. The Kier molecular flexibility index (Phi) is 9.88. The molecular weight excluding hydrogens is 689 g/mol. The summed E-state index contributed by atoms with van der Waals surface area (Å²) in [5, 5.41) is 15.8.